The van der Waals surface area contributed by atoms with Crippen molar-refractivity contribution in [2.45, 2.75) is 0 Å². The van der Waals surface area contributed by atoms with Crippen molar-refractivity contribution in [2.75, 3.05) is 12.4 Å². The first-order chi connectivity index (χ1) is 6.63. The molecule has 0 aliphatic rings. The SMILES string of the molecule is CNC(=O)C(=O)Nc1ccc(F)cc1. The number of carbonyl (C=O) groups is 2. The molecule has 0 unspecified atom stereocenters. The minimum absolute atomic E-state index is 0.375. The van der Waals surface area contributed by atoms with E-state index in [9.17, 15) is 14.0 Å². The highest BCUT2D eigenvalue weighted by Crippen LogP contribution is 2.07. The third kappa shape index (κ3) is 2.55. The van der Waals surface area contributed by atoms with Crippen LogP contribution in [0, 0.1) is 5.82 Å². The smallest absolute Gasteiger partial charge is 0.313 e. The lowest BCUT2D eigenvalue weighted by atomic mass is 10.3. The molecule has 5 heteroatoms. The van der Waals surface area contributed by atoms with E-state index in [1.807, 2.05) is 0 Å². The highest BCUT2D eigenvalue weighted by molar-refractivity contribution is 6.39. The minimum Gasteiger partial charge on any atom is -0.351 e. The first kappa shape index (κ1) is 10.2. The fraction of sp³-hybridized carbons (Fsp3) is 0.111. The van der Waals surface area contributed by atoms with E-state index < -0.39 is 17.6 Å². The van der Waals surface area contributed by atoms with Gasteiger partial charge in [-0.2, -0.15) is 0 Å². The minimum atomic E-state index is -0.779. The second kappa shape index (κ2) is 4.36. The Morgan fingerprint density at radius 2 is 1.71 bits per heavy atom. The number of carbonyl (C=O) groups excluding carboxylic acids is 2. The average molecular weight is 196 g/mol. The van der Waals surface area contributed by atoms with Crippen molar-refractivity contribution < 1.29 is 14.0 Å². The van der Waals surface area contributed by atoms with Crippen LogP contribution in [0.3, 0.4) is 0 Å². The van der Waals surface area contributed by atoms with Gasteiger partial charge in [0, 0.05) is 12.7 Å². The summed E-state index contributed by atoms with van der Waals surface area (Å²) in [4.78, 5) is 21.8. The van der Waals surface area contributed by atoms with Crippen LogP contribution in [0.4, 0.5) is 10.1 Å². The number of amides is 2. The number of hydrogen-bond donors (Lipinski definition) is 2. The molecular formula is C9H9FN2O2. The van der Waals surface area contributed by atoms with E-state index in [-0.39, 0.29) is 0 Å². The number of anilines is 1. The molecule has 2 N–H and O–H groups in total. The summed E-state index contributed by atoms with van der Waals surface area (Å²) in [6.45, 7) is 0. The van der Waals surface area contributed by atoms with Gasteiger partial charge in [-0.05, 0) is 24.3 Å². The fourth-order valence-electron chi connectivity index (χ4n) is 0.835. The van der Waals surface area contributed by atoms with Gasteiger partial charge in [0.05, 0.1) is 0 Å². The largest absolute Gasteiger partial charge is 0.351 e. The molecule has 0 heterocycles. The summed E-state index contributed by atoms with van der Waals surface area (Å²) in [6, 6.07) is 5.13. The number of hydrogen-bond acceptors (Lipinski definition) is 2. The van der Waals surface area contributed by atoms with E-state index in [1.54, 1.807) is 0 Å². The number of halogens is 1. The van der Waals surface area contributed by atoms with Crippen LogP contribution < -0.4 is 10.6 Å². The van der Waals surface area contributed by atoms with Gasteiger partial charge in [-0.25, -0.2) is 4.39 Å². The standard InChI is InChI=1S/C9H9FN2O2/c1-11-8(13)9(14)12-7-4-2-6(10)3-5-7/h2-5H,1H3,(H,11,13)(H,12,14). The predicted molar refractivity (Wildman–Crippen MR) is 49.1 cm³/mol. The second-order valence-electron chi connectivity index (χ2n) is 2.54. The van der Waals surface area contributed by atoms with Crippen molar-refractivity contribution in [3.05, 3.63) is 30.1 Å². The molecule has 0 fully saturated rings. The molecule has 0 saturated carbocycles. The van der Waals surface area contributed by atoms with Gasteiger partial charge < -0.3 is 10.6 Å². The van der Waals surface area contributed by atoms with E-state index in [1.165, 1.54) is 31.3 Å². The first-order valence-corrected chi connectivity index (χ1v) is 3.92. The van der Waals surface area contributed by atoms with Gasteiger partial charge in [0.2, 0.25) is 0 Å². The lowest BCUT2D eigenvalue weighted by Crippen LogP contribution is -2.32. The van der Waals surface area contributed by atoms with E-state index in [4.69, 9.17) is 0 Å². The fourth-order valence-corrected chi connectivity index (χ4v) is 0.835. The molecule has 0 bridgehead atoms. The van der Waals surface area contributed by atoms with Crippen LogP contribution in [0.15, 0.2) is 24.3 Å². The summed E-state index contributed by atoms with van der Waals surface area (Å²) in [5.74, 6) is -1.92. The Hall–Kier alpha value is -1.91. The van der Waals surface area contributed by atoms with Gasteiger partial charge in [0.15, 0.2) is 0 Å². The Kier molecular flexibility index (Phi) is 3.17. The second-order valence-corrected chi connectivity index (χ2v) is 2.54. The Balaban J connectivity index is 2.65. The van der Waals surface area contributed by atoms with Crippen LogP contribution in [0.5, 0.6) is 0 Å². The van der Waals surface area contributed by atoms with Crippen molar-refractivity contribution in [2.24, 2.45) is 0 Å². The van der Waals surface area contributed by atoms with Crippen LogP contribution in [0.1, 0.15) is 0 Å². The molecule has 1 aromatic carbocycles. The molecule has 0 atom stereocenters. The number of rotatable bonds is 1. The Bertz CT molecular complexity index is 348. The highest BCUT2D eigenvalue weighted by Gasteiger charge is 2.10. The van der Waals surface area contributed by atoms with Crippen molar-refractivity contribution in [1.82, 2.24) is 5.32 Å². The number of likely N-dealkylation sites (N-methyl/N-ethyl adjacent to an activating group) is 1. The first-order valence-electron chi connectivity index (χ1n) is 3.92. The molecule has 4 nitrogen and oxygen atoms in total. The molecule has 0 radical (unpaired) electrons. The average Bonchev–Trinajstić information content (AvgIpc) is 2.20. The Morgan fingerprint density at radius 1 is 1.14 bits per heavy atom. The summed E-state index contributed by atoms with van der Waals surface area (Å²) in [6.07, 6.45) is 0. The quantitative estimate of drug-likeness (QED) is 0.643. The van der Waals surface area contributed by atoms with Gasteiger partial charge in [-0.1, -0.05) is 0 Å². The lowest BCUT2D eigenvalue weighted by molar-refractivity contribution is -0.135. The van der Waals surface area contributed by atoms with E-state index >= 15 is 0 Å². The molecule has 2 amide bonds. The summed E-state index contributed by atoms with van der Waals surface area (Å²) in [5.41, 5.74) is 0.375. The number of nitrogens with one attached hydrogen (secondary N) is 2. The van der Waals surface area contributed by atoms with Gasteiger partial charge >= 0.3 is 11.8 Å². The molecule has 0 aromatic heterocycles. The Labute approximate surface area is 80.1 Å². The third-order valence-electron chi connectivity index (χ3n) is 1.54. The molecule has 0 spiro atoms. The highest BCUT2D eigenvalue weighted by atomic mass is 19.1. The molecule has 14 heavy (non-hydrogen) atoms. The zero-order chi connectivity index (χ0) is 10.6. The molecule has 1 rings (SSSR count). The topological polar surface area (TPSA) is 58.2 Å². The van der Waals surface area contributed by atoms with Crippen molar-refractivity contribution >= 4 is 17.5 Å². The molecule has 0 aliphatic heterocycles. The third-order valence-corrected chi connectivity index (χ3v) is 1.54. The Morgan fingerprint density at radius 3 is 2.21 bits per heavy atom. The normalized spacial score (nSPS) is 9.29. The van der Waals surface area contributed by atoms with Crippen LogP contribution >= 0.6 is 0 Å². The van der Waals surface area contributed by atoms with Crippen LogP contribution in [0.2, 0.25) is 0 Å². The molecule has 0 saturated heterocycles. The van der Waals surface area contributed by atoms with Crippen molar-refractivity contribution in [3.63, 3.8) is 0 Å². The zero-order valence-electron chi connectivity index (χ0n) is 7.50. The summed E-state index contributed by atoms with van der Waals surface area (Å²) < 4.78 is 12.5. The summed E-state index contributed by atoms with van der Waals surface area (Å²) in [7, 11) is 1.35. The molecule has 1 aromatic rings. The van der Waals surface area contributed by atoms with Gasteiger partial charge in [-0.3, -0.25) is 9.59 Å². The van der Waals surface area contributed by atoms with Crippen LogP contribution in [-0.4, -0.2) is 18.9 Å². The van der Waals surface area contributed by atoms with Crippen molar-refractivity contribution in [3.8, 4) is 0 Å². The maximum atomic E-state index is 12.5. The van der Waals surface area contributed by atoms with Gasteiger partial charge in [0.1, 0.15) is 5.82 Å². The summed E-state index contributed by atoms with van der Waals surface area (Å²) in [5, 5.41) is 4.47. The maximum absolute atomic E-state index is 12.5. The van der Waals surface area contributed by atoms with Gasteiger partial charge in [-0.15, -0.1) is 0 Å². The predicted octanol–water partition coefficient (Wildman–Crippen LogP) is 0.510. The number of benzene rings is 1. The van der Waals surface area contributed by atoms with E-state index in [2.05, 4.69) is 10.6 Å². The van der Waals surface area contributed by atoms with Crippen molar-refractivity contribution in [1.29, 1.82) is 0 Å². The van der Waals surface area contributed by atoms with Crippen LogP contribution in [-0.2, 0) is 9.59 Å². The maximum Gasteiger partial charge on any atom is 0.313 e. The lowest BCUT2D eigenvalue weighted by Gasteiger charge is -2.02. The zero-order valence-corrected chi connectivity index (χ0v) is 7.50. The van der Waals surface area contributed by atoms with Gasteiger partial charge in [0.25, 0.3) is 0 Å². The monoisotopic (exact) mass is 196 g/mol. The molecule has 0 aliphatic carbocycles. The van der Waals surface area contributed by atoms with E-state index in [0.29, 0.717) is 5.69 Å². The van der Waals surface area contributed by atoms with Crippen LogP contribution in [0.25, 0.3) is 0 Å². The summed E-state index contributed by atoms with van der Waals surface area (Å²) >= 11 is 0. The van der Waals surface area contributed by atoms with E-state index in [0.717, 1.165) is 0 Å². The molecule has 74 valence electrons. The molecular weight excluding hydrogens is 187 g/mol.